The average Bonchev–Trinajstić information content (AvgIpc) is 3.71. The Labute approximate surface area is 183 Å². The summed E-state index contributed by atoms with van der Waals surface area (Å²) in [5.41, 5.74) is 4.51. The highest BCUT2D eigenvalue weighted by Crippen LogP contribution is 2.45. The molecule has 0 bridgehead atoms. The van der Waals surface area contributed by atoms with Crippen molar-refractivity contribution in [2.45, 2.75) is 44.6 Å². The molecule has 5 rings (SSSR count). The minimum Gasteiger partial charge on any atom is -0.352 e. The van der Waals surface area contributed by atoms with Crippen LogP contribution in [-0.2, 0) is 4.79 Å². The minimum absolute atomic E-state index is 0.120. The third kappa shape index (κ3) is 3.81. The molecule has 158 valence electrons. The lowest BCUT2D eigenvalue weighted by Gasteiger charge is -2.41. The summed E-state index contributed by atoms with van der Waals surface area (Å²) in [7, 11) is 0. The van der Waals surface area contributed by atoms with Crippen molar-refractivity contribution in [3.05, 3.63) is 47.9 Å². The molecule has 6 nitrogen and oxygen atoms in total. The van der Waals surface area contributed by atoms with Crippen molar-refractivity contribution < 1.29 is 4.79 Å². The summed E-state index contributed by atoms with van der Waals surface area (Å²) in [5.74, 6) is 1.74. The van der Waals surface area contributed by atoms with Gasteiger partial charge in [0, 0.05) is 49.3 Å². The van der Waals surface area contributed by atoms with Crippen molar-refractivity contribution in [3.63, 3.8) is 0 Å². The molecule has 2 saturated carbocycles. The van der Waals surface area contributed by atoms with E-state index in [0.717, 1.165) is 54.0 Å². The number of amides is 1. The Morgan fingerprint density at radius 3 is 2.71 bits per heavy atom. The van der Waals surface area contributed by atoms with Gasteiger partial charge in [-0.2, -0.15) is 5.26 Å². The topological polar surface area (TPSA) is 73.1 Å². The smallest absolute Gasteiger partial charge is 0.226 e. The van der Waals surface area contributed by atoms with E-state index >= 15 is 0 Å². The fourth-order valence-corrected chi connectivity index (χ4v) is 4.51. The van der Waals surface area contributed by atoms with Gasteiger partial charge in [0.1, 0.15) is 11.9 Å². The monoisotopic (exact) mass is 413 g/mol. The molecular weight excluding hydrogens is 386 g/mol. The molecule has 1 saturated heterocycles. The molecule has 3 fully saturated rings. The normalized spacial score (nSPS) is 21.0. The fourth-order valence-electron chi connectivity index (χ4n) is 4.51. The van der Waals surface area contributed by atoms with Crippen molar-refractivity contribution in [1.82, 2.24) is 14.9 Å². The van der Waals surface area contributed by atoms with Crippen LogP contribution < -0.4 is 4.90 Å². The van der Waals surface area contributed by atoms with Crippen LogP contribution in [0.3, 0.4) is 0 Å². The molecule has 0 radical (unpaired) electrons. The Bertz CT molecular complexity index is 1080. The Morgan fingerprint density at radius 1 is 1.26 bits per heavy atom. The van der Waals surface area contributed by atoms with Gasteiger partial charge in [0.05, 0.1) is 17.0 Å². The van der Waals surface area contributed by atoms with Crippen molar-refractivity contribution in [1.29, 1.82) is 5.26 Å². The predicted octanol–water partition coefficient (Wildman–Crippen LogP) is 3.98. The van der Waals surface area contributed by atoms with E-state index in [9.17, 15) is 10.1 Å². The van der Waals surface area contributed by atoms with Gasteiger partial charge < -0.3 is 9.80 Å². The first-order valence-corrected chi connectivity index (χ1v) is 11.2. The molecule has 31 heavy (non-hydrogen) atoms. The lowest BCUT2D eigenvalue weighted by Crippen LogP contribution is -2.54. The standard InChI is InChI=1S/C25H27N5O/c1-3-21-12-19(8-9-27-21)22-13-20(14-26)24(28-23(22)17-4-5-17)29-10-11-30(16(2)15-29)25(31)18-6-7-18/h3,8-9,12-13,16-18H,1,4-7,10-11,15H2,2H3. The van der Waals surface area contributed by atoms with Gasteiger partial charge in [0.15, 0.2) is 0 Å². The maximum absolute atomic E-state index is 12.6. The predicted molar refractivity (Wildman–Crippen MR) is 120 cm³/mol. The van der Waals surface area contributed by atoms with Crippen LogP contribution in [0.15, 0.2) is 31.0 Å². The Hall–Kier alpha value is -3.20. The number of pyridine rings is 2. The highest BCUT2D eigenvalue weighted by molar-refractivity contribution is 5.81. The summed E-state index contributed by atoms with van der Waals surface area (Å²) in [5, 5.41) is 9.94. The molecule has 3 aliphatic rings. The second kappa shape index (κ2) is 7.81. The molecule has 2 aliphatic carbocycles. The van der Waals surface area contributed by atoms with Gasteiger partial charge in [-0.05, 0) is 62.4 Å². The van der Waals surface area contributed by atoms with Crippen LogP contribution in [0.2, 0.25) is 0 Å². The van der Waals surface area contributed by atoms with E-state index in [0.29, 0.717) is 37.0 Å². The van der Waals surface area contributed by atoms with Crippen LogP contribution in [0.5, 0.6) is 0 Å². The molecule has 0 aromatic carbocycles. The zero-order chi connectivity index (χ0) is 21.5. The van der Waals surface area contributed by atoms with Gasteiger partial charge in [-0.1, -0.05) is 6.58 Å². The summed E-state index contributed by atoms with van der Waals surface area (Å²) in [6.45, 7) is 8.03. The lowest BCUT2D eigenvalue weighted by atomic mass is 9.99. The van der Waals surface area contributed by atoms with Crippen LogP contribution in [0.25, 0.3) is 17.2 Å². The largest absolute Gasteiger partial charge is 0.352 e. The lowest BCUT2D eigenvalue weighted by molar-refractivity contribution is -0.134. The third-order valence-corrected chi connectivity index (χ3v) is 6.55. The minimum atomic E-state index is 0.120. The summed E-state index contributed by atoms with van der Waals surface area (Å²) in [6, 6.07) is 8.46. The number of hydrogen-bond donors (Lipinski definition) is 0. The van der Waals surface area contributed by atoms with Gasteiger partial charge in [-0.15, -0.1) is 0 Å². The first kappa shape index (κ1) is 19.7. The third-order valence-electron chi connectivity index (χ3n) is 6.55. The van der Waals surface area contributed by atoms with E-state index in [4.69, 9.17) is 4.98 Å². The molecule has 0 N–H and O–H groups in total. The number of nitriles is 1. The number of nitrogens with zero attached hydrogens (tertiary/aromatic N) is 5. The zero-order valence-electron chi connectivity index (χ0n) is 17.9. The maximum atomic E-state index is 12.6. The number of aromatic nitrogens is 2. The summed E-state index contributed by atoms with van der Waals surface area (Å²) in [4.78, 5) is 26.2. The van der Waals surface area contributed by atoms with Crippen molar-refractivity contribution >= 4 is 17.8 Å². The summed E-state index contributed by atoms with van der Waals surface area (Å²) in [6.07, 6.45) is 7.83. The van der Waals surface area contributed by atoms with Crippen molar-refractivity contribution in [2.75, 3.05) is 24.5 Å². The van der Waals surface area contributed by atoms with Crippen LogP contribution in [0.4, 0.5) is 5.82 Å². The molecule has 2 aromatic rings. The van der Waals surface area contributed by atoms with Crippen LogP contribution >= 0.6 is 0 Å². The molecule has 1 atom stereocenters. The van der Waals surface area contributed by atoms with Crippen molar-refractivity contribution in [3.8, 4) is 17.2 Å². The number of piperazine rings is 1. The van der Waals surface area contributed by atoms with Gasteiger partial charge in [-0.3, -0.25) is 9.78 Å². The molecule has 1 unspecified atom stereocenters. The number of anilines is 1. The molecule has 1 aliphatic heterocycles. The number of hydrogen-bond acceptors (Lipinski definition) is 5. The SMILES string of the molecule is C=Cc1cc(-c2cc(C#N)c(N3CCN(C(=O)C4CC4)C(C)C3)nc2C2CC2)ccn1. The van der Waals surface area contributed by atoms with Gasteiger partial charge >= 0.3 is 0 Å². The summed E-state index contributed by atoms with van der Waals surface area (Å²) >= 11 is 0. The highest BCUT2D eigenvalue weighted by atomic mass is 16.2. The molecule has 1 amide bonds. The number of carbonyl (C=O) groups is 1. The Morgan fingerprint density at radius 2 is 2.06 bits per heavy atom. The molecule has 6 heteroatoms. The van der Waals surface area contributed by atoms with Gasteiger partial charge in [0.2, 0.25) is 5.91 Å². The van der Waals surface area contributed by atoms with Gasteiger partial charge in [0.25, 0.3) is 0 Å². The van der Waals surface area contributed by atoms with Crippen LogP contribution in [0.1, 0.15) is 55.5 Å². The molecule has 3 heterocycles. The van der Waals surface area contributed by atoms with E-state index < -0.39 is 0 Å². The van der Waals surface area contributed by atoms with E-state index in [1.54, 1.807) is 12.3 Å². The second-order valence-corrected chi connectivity index (χ2v) is 8.95. The number of carbonyl (C=O) groups excluding carboxylic acids is 1. The number of rotatable bonds is 5. The van der Waals surface area contributed by atoms with Crippen LogP contribution in [0, 0.1) is 17.2 Å². The van der Waals surface area contributed by atoms with E-state index in [1.807, 2.05) is 23.1 Å². The fraction of sp³-hybridized carbons (Fsp3) is 0.440. The second-order valence-electron chi connectivity index (χ2n) is 8.95. The Balaban J connectivity index is 1.48. The first-order valence-electron chi connectivity index (χ1n) is 11.2. The van der Waals surface area contributed by atoms with E-state index in [2.05, 4.69) is 29.5 Å². The molecular formula is C25H27N5O. The Kier molecular flexibility index (Phi) is 4.97. The maximum Gasteiger partial charge on any atom is 0.226 e. The molecule has 2 aromatic heterocycles. The summed E-state index contributed by atoms with van der Waals surface area (Å²) < 4.78 is 0. The first-order chi connectivity index (χ1) is 15.1. The van der Waals surface area contributed by atoms with E-state index in [1.165, 1.54) is 0 Å². The van der Waals surface area contributed by atoms with Crippen LogP contribution in [-0.4, -0.2) is 46.5 Å². The zero-order valence-corrected chi connectivity index (χ0v) is 17.9. The van der Waals surface area contributed by atoms with Crippen molar-refractivity contribution in [2.24, 2.45) is 5.92 Å². The quantitative estimate of drug-likeness (QED) is 0.741. The molecule has 0 spiro atoms. The van der Waals surface area contributed by atoms with E-state index in [-0.39, 0.29) is 12.0 Å². The average molecular weight is 414 g/mol. The highest BCUT2D eigenvalue weighted by Gasteiger charge is 2.38. The van der Waals surface area contributed by atoms with Gasteiger partial charge in [-0.25, -0.2) is 4.98 Å².